The highest BCUT2D eigenvalue weighted by Gasteiger charge is 1.89. The largest absolute Gasteiger partial charge is 0.253 e. The summed E-state index contributed by atoms with van der Waals surface area (Å²) in [7, 11) is 1.72. The molecular weight excluding hydrogens is 106 g/mol. The SMILES string of the molecule is Cn1cc(N=N)nn1. The van der Waals surface area contributed by atoms with Crippen LogP contribution in [0.2, 0.25) is 0 Å². The van der Waals surface area contributed by atoms with Gasteiger partial charge in [0.2, 0.25) is 5.82 Å². The smallest absolute Gasteiger partial charge is 0.215 e. The van der Waals surface area contributed by atoms with Gasteiger partial charge in [0.25, 0.3) is 0 Å². The molecule has 1 N–H and O–H groups in total. The van der Waals surface area contributed by atoms with Crippen LogP contribution in [0.3, 0.4) is 0 Å². The Kier molecular flexibility index (Phi) is 1.03. The van der Waals surface area contributed by atoms with Gasteiger partial charge in [-0.1, -0.05) is 5.21 Å². The summed E-state index contributed by atoms with van der Waals surface area (Å²) in [6.45, 7) is 0. The Morgan fingerprint density at radius 2 is 2.62 bits per heavy atom. The summed E-state index contributed by atoms with van der Waals surface area (Å²) in [6.07, 6.45) is 1.56. The van der Waals surface area contributed by atoms with Gasteiger partial charge in [0, 0.05) is 7.05 Å². The predicted molar refractivity (Wildman–Crippen MR) is 25.8 cm³/mol. The van der Waals surface area contributed by atoms with Crippen LogP contribution in [-0.4, -0.2) is 15.0 Å². The molecule has 0 spiro atoms. The van der Waals surface area contributed by atoms with Crippen LogP contribution in [0.25, 0.3) is 0 Å². The molecule has 0 aliphatic carbocycles. The topological polar surface area (TPSA) is 66.9 Å². The Morgan fingerprint density at radius 1 is 1.88 bits per heavy atom. The lowest BCUT2D eigenvalue weighted by molar-refractivity contribution is 0.714. The van der Waals surface area contributed by atoms with Crippen LogP contribution in [0.1, 0.15) is 0 Å². The Bertz CT molecular complexity index is 189. The van der Waals surface area contributed by atoms with Gasteiger partial charge in [-0.25, -0.2) is 5.53 Å². The average molecular weight is 111 g/mol. The zero-order valence-electron chi connectivity index (χ0n) is 4.37. The fraction of sp³-hybridized carbons (Fsp3) is 0.333. The molecule has 1 heterocycles. The van der Waals surface area contributed by atoms with Gasteiger partial charge in [0.15, 0.2) is 0 Å². The van der Waals surface area contributed by atoms with E-state index < -0.39 is 0 Å². The molecule has 0 saturated heterocycles. The van der Waals surface area contributed by atoms with E-state index >= 15 is 0 Å². The molecule has 0 aliphatic rings. The van der Waals surface area contributed by atoms with Crippen molar-refractivity contribution >= 4 is 5.82 Å². The second-order valence-electron chi connectivity index (χ2n) is 1.36. The molecule has 0 aliphatic heterocycles. The zero-order valence-corrected chi connectivity index (χ0v) is 4.37. The predicted octanol–water partition coefficient (Wildman–Crippen LogP) is 0.478. The van der Waals surface area contributed by atoms with Crippen LogP contribution in [0.4, 0.5) is 5.82 Å². The molecule has 1 aromatic heterocycles. The fourth-order valence-corrected chi connectivity index (χ4v) is 0.386. The third-order valence-corrected chi connectivity index (χ3v) is 0.705. The monoisotopic (exact) mass is 111 g/mol. The molecule has 0 fully saturated rings. The summed E-state index contributed by atoms with van der Waals surface area (Å²) in [5.74, 6) is 0.340. The van der Waals surface area contributed by atoms with Crippen molar-refractivity contribution in [2.24, 2.45) is 12.2 Å². The minimum Gasteiger partial charge on any atom is -0.253 e. The van der Waals surface area contributed by atoms with E-state index in [0.717, 1.165) is 0 Å². The van der Waals surface area contributed by atoms with Crippen molar-refractivity contribution in [3.05, 3.63) is 6.20 Å². The van der Waals surface area contributed by atoms with Gasteiger partial charge in [-0.2, -0.15) is 0 Å². The zero-order chi connectivity index (χ0) is 5.98. The van der Waals surface area contributed by atoms with Crippen LogP contribution >= 0.6 is 0 Å². The third kappa shape index (κ3) is 0.699. The fourth-order valence-electron chi connectivity index (χ4n) is 0.386. The lowest BCUT2D eigenvalue weighted by atomic mass is 10.8. The van der Waals surface area contributed by atoms with E-state index in [1.54, 1.807) is 13.2 Å². The minimum atomic E-state index is 0.340. The molecule has 42 valence electrons. The molecule has 0 bridgehead atoms. The number of aromatic nitrogens is 3. The molecule has 0 unspecified atom stereocenters. The molecular formula is C3H5N5. The molecule has 0 radical (unpaired) electrons. The Hall–Kier alpha value is -1.26. The Balaban J connectivity index is 3.00. The van der Waals surface area contributed by atoms with Crippen LogP contribution in [0.5, 0.6) is 0 Å². The average Bonchev–Trinajstić information content (AvgIpc) is 2.14. The number of aryl methyl sites for hydroxylation is 1. The van der Waals surface area contributed by atoms with Gasteiger partial charge < -0.3 is 0 Å². The van der Waals surface area contributed by atoms with E-state index in [-0.39, 0.29) is 0 Å². The number of nitrogens with zero attached hydrogens (tertiary/aromatic N) is 4. The summed E-state index contributed by atoms with van der Waals surface area (Å²) in [5.41, 5.74) is 6.47. The highest BCUT2D eigenvalue weighted by Crippen LogP contribution is 2.00. The second kappa shape index (κ2) is 1.69. The molecule has 0 amide bonds. The molecule has 0 atom stereocenters. The van der Waals surface area contributed by atoms with Crippen LogP contribution in [0, 0.1) is 5.53 Å². The van der Waals surface area contributed by atoms with E-state index in [2.05, 4.69) is 15.4 Å². The van der Waals surface area contributed by atoms with Crippen LogP contribution < -0.4 is 0 Å². The molecule has 1 rings (SSSR count). The van der Waals surface area contributed by atoms with Crippen molar-refractivity contribution in [2.75, 3.05) is 0 Å². The maximum Gasteiger partial charge on any atom is 0.215 e. The Morgan fingerprint density at radius 3 is 2.88 bits per heavy atom. The van der Waals surface area contributed by atoms with Crippen molar-refractivity contribution in [1.29, 1.82) is 5.53 Å². The van der Waals surface area contributed by atoms with E-state index in [4.69, 9.17) is 5.53 Å². The highest BCUT2D eigenvalue weighted by atomic mass is 15.4. The molecule has 8 heavy (non-hydrogen) atoms. The normalized spacial score (nSPS) is 9.12. The van der Waals surface area contributed by atoms with Crippen molar-refractivity contribution in [3.63, 3.8) is 0 Å². The standard InChI is InChI=1S/C3H5N5/c1-8-2-3(5-4)6-7-8/h2,4H,1H3. The van der Waals surface area contributed by atoms with Gasteiger partial charge in [-0.3, -0.25) is 4.68 Å². The van der Waals surface area contributed by atoms with Gasteiger partial charge >= 0.3 is 0 Å². The highest BCUT2D eigenvalue weighted by molar-refractivity contribution is 5.16. The summed E-state index contributed by atoms with van der Waals surface area (Å²) in [4.78, 5) is 0. The maximum atomic E-state index is 6.47. The summed E-state index contributed by atoms with van der Waals surface area (Å²) in [5, 5.41) is 10.1. The van der Waals surface area contributed by atoms with Crippen molar-refractivity contribution in [2.45, 2.75) is 0 Å². The maximum absolute atomic E-state index is 6.47. The minimum absolute atomic E-state index is 0.340. The summed E-state index contributed by atoms with van der Waals surface area (Å²) < 4.78 is 1.49. The lowest BCUT2D eigenvalue weighted by Crippen LogP contribution is -1.85. The number of rotatable bonds is 1. The Labute approximate surface area is 45.8 Å². The quantitative estimate of drug-likeness (QED) is 0.535. The first-order valence-electron chi connectivity index (χ1n) is 2.06. The first kappa shape index (κ1) is 4.89. The van der Waals surface area contributed by atoms with Gasteiger partial charge in [0.1, 0.15) is 0 Å². The van der Waals surface area contributed by atoms with Crippen LogP contribution in [0.15, 0.2) is 11.3 Å². The molecule has 0 saturated carbocycles. The van der Waals surface area contributed by atoms with Crippen molar-refractivity contribution in [3.8, 4) is 0 Å². The van der Waals surface area contributed by atoms with Gasteiger partial charge in [-0.15, -0.1) is 10.2 Å². The van der Waals surface area contributed by atoms with Crippen molar-refractivity contribution in [1.82, 2.24) is 15.0 Å². The molecule has 5 heteroatoms. The second-order valence-corrected chi connectivity index (χ2v) is 1.36. The number of nitrogens with one attached hydrogen (secondary N) is 1. The first-order valence-corrected chi connectivity index (χ1v) is 2.06. The third-order valence-electron chi connectivity index (χ3n) is 0.705. The van der Waals surface area contributed by atoms with E-state index in [1.165, 1.54) is 4.68 Å². The van der Waals surface area contributed by atoms with Crippen molar-refractivity contribution < 1.29 is 0 Å². The number of hydrogen-bond acceptors (Lipinski definition) is 4. The number of hydrogen-bond donors (Lipinski definition) is 1. The summed E-state index contributed by atoms with van der Waals surface area (Å²) >= 11 is 0. The van der Waals surface area contributed by atoms with Gasteiger partial charge in [0.05, 0.1) is 6.20 Å². The van der Waals surface area contributed by atoms with Gasteiger partial charge in [-0.05, 0) is 0 Å². The first-order chi connectivity index (χ1) is 3.83. The molecule has 1 aromatic rings. The van der Waals surface area contributed by atoms with Crippen LogP contribution in [-0.2, 0) is 7.05 Å². The van der Waals surface area contributed by atoms with E-state index in [1.807, 2.05) is 0 Å². The molecule has 5 nitrogen and oxygen atoms in total. The lowest BCUT2D eigenvalue weighted by Gasteiger charge is -1.74. The molecule has 0 aromatic carbocycles. The van der Waals surface area contributed by atoms with E-state index in [0.29, 0.717) is 5.82 Å². The summed E-state index contributed by atoms with van der Waals surface area (Å²) in [6, 6.07) is 0. The van der Waals surface area contributed by atoms with E-state index in [9.17, 15) is 0 Å².